The molecule has 21 heavy (non-hydrogen) atoms. The van der Waals surface area contributed by atoms with E-state index in [2.05, 4.69) is 17.2 Å². The minimum absolute atomic E-state index is 0.260. The number of hydrogen-bond donors (Lipinski definition) is 1. The molecule has 0 amide bonds. The highest BCUT2D eigenvalue weighted by Crippen LogP contribution is 2.17. The van der Waals surface area contributed by atoms with Crippen molar-refractivity contribution in [3.8, 4) is 5.75 Å². The van der Waals surface area contributed by atoms with Gasteiger partial charge >= 0.3 is 0 Å². The number of aromatic nitrogens is 1. The van der Waals surface area contributed by atoms with E-state index in [1.165, 1.54) is 6.07 Å². The Labute approximate surface area is 125 Å². The molecule has 0 aliphatic carbocycles. The minimum Gasteiger partial charge on any atom is -0.493 e. The molecule has 1 N–H and O–H groups in total. The first-order chi connectivity index (χ1) is 10.3. The number of nitrogens with one attached hydrogen (secondary N) is 1. The molecule has 1 heterocycles. The highest BCUT2D eigenvalue weighted by atomic mass is 19.1. The molecule has 1 aromatic carbocycles. The van der Waals surface area contributed by atoms with E-state index in [4.69, 9.17) is 4.74 Å². The average molecular weight is 288 g/mol. The fourth-order valence-electron chi connectivity index (χ4n) is 2.05. The SMILES string of the molecule is CCCNCc1cc(F)cc(OCCc2ccncc2)c1. The van der Waals surface area contributed by atoms with Crippen LogP contribution in [0.2, 0.25) is 0 Å². The van der Waals surface area contributed by atoms with Gasteiger partial charge in [0.25, 0.3) is 0 Å². The van der Waals surface area contributed by atoms with Crippen LogP contribution >= 0.6 is 0 Å². The Morgan fingerprint density at radius 2 is 1.95 bits per heavy atom. The lowest BCUT2D eigenvalue weighted by molar-refractivity contribution is 0.319. The van der Waals surface area contributed by atoms with E-state index in [-0.39, 0.29) is 5.82 Å². The number of rotatable bonds is 8. The maximum atomic E-state index is 13.6. The first-order valence-corrected chi connectivity index (χ1v) is 7.30. The van der Waals surface area contributed by atoms with Gasteiger partial charge in [0.05, 0.1) is 6.61 Å². The lowest BCUT2D eigenvalue weighted by Crippen LogP contribution is -2.14. The molecular weight excluding hydrogens is 267 g/mol. The van der Waals surface area contributed by atoms with Gasteiger partial charge in [-0.3, -0.25) is 4.98 Å². The maximum absolute atomic E-state index is 13.6. The van der Waals surface area contributed by atoms with Crippen LogP contribution in [0, 0.1) is 5.82 Å². The van der Waals surface area contributed by atoms with Crippen molar-refractivity contribution in [3.05, 3.63) is 59.7 Å². The van der Waals surface area contributed by atoms with Gasteiger partial charge in [0.1, 0.15) is 11.6 Å². The molecule has 112 valence electrons. The van der Waals surface area contributed by atoms with Gasteiger partial charge in [-0.2, -0.15) is 0 Å². The van der Waals surface area contributed by atoms with Gasteiger partial charge in [-0.25, -0.2) is 4.39 Å². The molecule has 3 nitrogen and oxygen atoms in total. The second kappa shape index (κ2) is 8.37. The van der Waals surface area contributed by atoms with E-state index < -0.39 is 0 Å². The second-order valence-electron chi connectivity index (χ2n) is 4.93. The van der Waals surface area contributed by atoms with Crippen molar-refractivity contribution in [1.29, 1.82) is 0 Å². The van der Waals surface area contributed by atoms with Crippen molar-refractivity contribution in [2.24, 2.45) is 0 Å². The summed E-state index contributed by atoms with van der Waals surface area (Å²) in [6.45, 7) is 4.21. The smallest absolute Gasteiger partial charge is 0.127 e. The van der Waals surface area contributed by atoms with E-state index >= 15 is 0 Å². The molecule has 0 spiro atoms. The van der Waals surface area contributed by atoms with Crippen molar-refractivity contribution in [2.75, 3.05) is 13.2 Å². The summed E-state index contributed by atoms with van der Waals surface area (Å²) < 4.78 is 19.2. The standard InChI is InChI=1S/C17H21FN2O/c1-2-6-20-13-15-10-16(18)12-17(11-15)21-9-5-14-3-7-19-8-4-14/h3-4,7-8,10-12,20H,2,5-6,9,13H2,1H3. The van der Waals surface area contributed by atoms with Crippen LogP contribution in [0.5, 0.6) is 5.75 Å². The van der Waals surface area contributed by atoms with Crippen LogP contribution in [0.4, 0.5) is 4.39 Å². The van der Waals surface area contributed by atoms with Crippen molar-refractivity contribution >= 4 is 0 Å². The molecule has 2 aromatic rings. The lowest BCUT2D eigenvalue weighted by Gasteiger charge is -2.09. The van der Waals surface area contributed by atoms with Crippen molar-refractivity contribution in [3.63, 3.8) is 0 Å². The Balaban J connectivity index is 1.87. The number of hydrogen-bond acceptors (Lipinski definition) is 3. The van der Waals surface area contributed by atoms with Crippen LogP contribution in [-0.4, -0.2) is 18.1 Å². The molecule has 0 bridgehead atoms. The molecule has 0 unspecified atom stereocenters. The monoisotopic (exact) mass is 288 g/mol. The Kier molecular flexibility index (Phi) is 6.16. The quantitative estimate of drug-likeness (QED) is 0.756. The van der Waals surface area contributed by atoms with E-state index in [1.54, 1.807) is 18.5 Å². The fourth-order valence-corrected chi connectivity index (χ4v) is 2.05. The van der Waals surface area contributed by atoms with Crippen LogP contribution in [0.15, 0.2) is 42.7 Å². The highest BCUT2D eigenvalue weighted by molar-refractivity contribution is 5.29. The van der Waals surface area contributed by atoms with Gasteiger partial charge in [-0.15, -0.1) is 0 Å². The molecule has 4 heteroatoms. The van der Waals surface area contributed by atoms with Gasteiger partial charge in [-0.1, -0.05) is 6.92 Å². The Morgan fingerprint density at radius 3 is 2.71 bits per heavy atom. The number of nitrogens with zero attached hydrogens (tertiary/aromatic N) is 1. The summed E-state index contributed by atoms with van der Waals surface area (Å²) in [5, 5.41) is 3.26. The van der Waals surface area contributed by atoms with Crippen LogP contribution in [-0.2, 0) is 13.0 Å². The molecular formula is C17H21FN2O. The second-order valence-corrected chi connectivity index (χ2v) is 4.93. The van der Waals surface area contributed by atoms with Crippen molar-refractivity contribution in [1.82, 2.24) is 10.3 Å². The lowest BCUT2D eigenvalue weighted by atomic mass is 10.2. The van der Waals surface area contributed by atoms with Gasteiger partial charge in [0.15, 0.2) is 0 Å². The zero-order valence-electron chi connectivity index (χ0n) is 12.3. The van der Waals surface area contributed by atoms with E-state index in [9.17, 15) is 4.39 Å². The average Bonchev–Trinajstić information content (AvgIpc) is 2.48. The number of halogens is 1. The highest BCUT2D eigenvalue weighted by Gasteiger charge is 2.02. The van der Waals surface area contributed by atoms with Crippen LogP contribution in [0.3, 0.4) is 0 Å². The van der Waals surface area contributed by atoms with Crippen molar-refractivity contribution < 1.29 is 9.13 Å². The van der Waals surface area contributed by atoms with Crippen LogP contribution in [0.1, 0.15) is 24.5 Å². The summed E-state index contributed by atoms with van der Waals surface area (Å²) >= 11 is 0. The third-order valence-corrected chi connectivity index (χ3v) is 3.10. The van der Waals surface area contributed by atoms with Gasteiger partial charge < -0.3 is 10.1 Å². The van der Waals surface area contributed by atoms with Crippen LogP contribution in [0.25, 0.3) is 0 Å². The molecule has 2 rings (SSSR count). The zero-order valence-corrected chi connectivity index (χ0v) is 12.3. The van der Waals surface area contributed by atoms with Crippen molar-refractivity contribution in [2.45, 2.75) is 26.3 Å². The zero-order chi connectivity index (χ0) is 14.9. The Hall–Kier alpha value is -1.94. The molecule has 0 saturated carbocycles. The summed E-state index contributed by atoms with van der Waals surface area (Å²) in [4.78, 5) is 3.97. The molecule has 0 radical (unpaired) electrons. The molecule has 0 fully saturated rings. The summed E-state index contributed by atoms with van der Waals surface area (Å²) in [6, 6.07) is 8.76. The largest absolute Gasteiger partial charge is 0.493 e. The molecule has 1 aromatic heterocycles. The molecule has 0 saturated heterocycles. The van der Waals surface area contributed by atoms with Crippen LogP contribution < -0.4 is 10.1 Å². The first-order valence-electron chi connectivity index (χ1n) is 7.30. The number of benzene rings is 1. The third-order valence-electron chi connectivity index (χ3n) is 3.10. The van der Waals surface area contributed by atoms with E-state index in [0.717, 1.165) is 30.5 Å². The van der Waals surface area contributed by atoms with Gasteiger partial charge in [0, 0.05) is 31.4 Å². The number of ether oxygens (including phenoxy) is 1. The molecule has 0 aliphatic heterocycles. The summed E-state index contributed by atoms with van der Waals surface area (Å²) in [5.74, 6) is 0.321. The van der Waals surface area contributed by atoms with E-state index in [1.807, 2.05) is 18.2 Å². The predicted octanol–water partition coefficient (Wildman–Crippen LogP) is 3.34. The van der Waals surface area contributed by atoms with E-state index in [0.29, 0.717) is 18.9 Å². The third kappa shape index (κ3) is 5.52. The molecule has 0 atom stereocenters. The summed E-state index contributed by atoms with van der Waals surface area (Å²) in [7, 11) is 0. The Bertz CT molecular complexity index is 546. The number of pyridine rings is 1. The Morgan fingerprint density at radius 1 is 1.14 bits per heavy atom. The predicted molar refractivity (Wildman–Crippen MR) is 81.8 cm³/mol. The van der Waals surface area contributed by atoms with Gasteiger partial charge in [0.2, 0.25) is 0 Å². The summed E-state index contributed by atoms with van der Waals surface area (Å²) in [5.41, 5.74) is 2.06. The van der Waals surface area contributed by atoms with Gasteiger partial charge in [-0.05, 0) is 48.4 Å². The fraction of sp³-hybridized carbons (Fsp3) is 0.353. The minimum atomic E-state index is -0.260. The summed E-state index contributed by atoms with van der Waals surface area (Å²) in [6.07, 6.45) is 5.36. The normalized spacial score (nSPS) is 10.6. The topological polar surface area (TPSA) is 34.1 Å². The maximum Gasteiger partial charge on any atom is 0.127 e. The first kappa shape index (κ1) is 15.4. The molecule has 0 aliphatic rings.